The number of amides is 3. The molecule has 0 saturated carbocycles. The molecule has 0 aliphatic heterocycles. The van der Waals surface area contributed by atoms with Gasteiger partial charge in [0, 0.05) is 23.1 Å². The molecule has 0 aliphatic carbocycles. The first-order chi connectivity index (χ1) is 22.0. The molecule has 0 spiro atoms. The number of anilines is 1. The molecule has 0 unspecified atom stereocenters. The van der Waals surface area contributed by atoms with Gasteiger partial charge in [-0.2, -0.15) is 0 Å². The summed E-state index contributed by atoms with van der Waals surface area (Å²) in [6.07, 6.45) is 2.94. The highest BCUT2D eigenvalue weighted by molar-refractivity contribution is 6.08. The van der Waals surface area contributed by atoms with Crippen LogP contribution in [-0.4, -0.2) is 29.3 Å². The molecule has 0 radical (unpaired) electrons. The van der Waals surface area contributed by atoms with Crippen LogP contribution in [0.15, 0.2) is 109 Å². The zero-order chi connectivity index (χ0) is 31.6. The van der Waals surface area contributed by atoms with Gasteiger partial charge in [-0.25, -0.2) is 9.37 Å². The second-order valence-corrected chi connectivity index (χ2v) is 10.7. The highest BCUT2D eigenvalue weighted by Gasteiger charge is 2.23. The third kappa shape index (κ3) is 7.78. The monoisotopic (exact) mass is 602 g/mol. The molecule has 3 amide bonds. The van der Waals surface area contributed by atoms with Crippen LogP contribution >= 0.6 is 0 Å². The predicted molar refractivity (Wildman–Crippen MR) is 176 cm³/mol. The van der Waals surface area contributed by atoms with Crippen molar-refractivity contribution in [3.63, 3.8) is 0 Å². The Bertz CT molecular complexity index is 1790. The van der Waals surface area contributed by atoms with Gasteiger partial charge in [0.25, 0.3) is 11.8 Å². The highest BCUT2D eigenvalue weighted by atomic mass is 19.1. The summed E-state index contributed by atoms with van der Waals surface area (Å²) < 4.78 is 13.0. The number of unbranched alkanes of at least 4 members (excludes halogenated alkanes) is 2. The summed E-state index contributed by atoms with van der Waals surface area (Å²) in [4.78, 5) is 44.2. The van der Waals surface area contributed by atoms with Crippen LogP contribution in [0, 0.1) is 0 Å². The Balaban J connectivity index is 1.30. The molecule has 1 aromatic heterocycles. The van der Waals surface area contributed by atoms with Gasteiger partial charge in [-0.15, -0.1) is 0 Å². The number of alkyl halides is 1. The van der Waals surface area contributed by atoms with E-state index in [1.807, 2.05) is 42.5 Å². The largest absolute Gasteiger partial charge is 0.354 e. The van der Waals surface area contributed by atoms with E-state index in [-0.39, 0.29) is 17.7 Å². The van der Waals surface area contributed by atoms with Crippen molar-refractivity contribution in [3.05, 3.63) is 131 Å². The lowest BCUT2D eigenvalue weighted by Crippen LogP contribution is -2.40. The normalized spacial score (nSPS) is 11.5. The van der Waals surface area contributed by atoms with Gasteiger partial charge in [-0.3, -0.25) is 14.4 Å². The summed E-state index contributed by atoms with van der Waals surface area (Å²) >= 11 is 0. The first kappa shape index (κ1) is 31.1. The Morgan fingerprint density at radius 1 is 0.800 bits per heavy atom. The van der Waals surface area contributed by atoms with Crippen molar-refractivity contribution in [1.29, 1.82) is 0 Å². The van der Waals surface area contributed by atoms with E-state index < -0.39 is 12.7 Å². The summed E-state index contributed by atoms with van der Waals surface area (Å²) in [5.41, 5.74) is 4.23. The van der Waals surface area contributed by atoms with E-state index in [4.69, 9.17) is 0 Å². The van der Waals surface area contributed by atoms with Crippen LogP contribution in [0.5, 0.6) is 0 Å². The number of benzene rings is 4. The number of hydrogen-bond acceptors (Lipinski definition) is 4. The van der Waals surface area contributed by atoms with Crippen molar-refractivity contribution in [2.75, 3.05) is 11.9 Å². The quantitative estimate of drug-likeness (QED) is 0.130. The molecule has 0 fully saturated rings. The van der Waals surface area contributed by atoms with Crippen molar-refractivity contribution >= 4 is 34.4 Å². The Labute approximate surface area is 261 Å². The molecule has 1 atom stereocenters. The van der Waals surface area contributed by atoms with Gasteiger partial charge < -0.3 is 16.0 Å². The van der Waals surface area contributed by atoms with Crippen molar-refractivity contribution < 1.29 is 18.8 Å². The van der Waals surface area contributed by atoms with E-state index >= 15 is 0 Å². The number of rotatable bonds is 12. The lowest BCUT2D eigenvalue weighted by Gasteiger charge is -2.19. The first-order valence-electron chi connectivity index (χ1n) is 15.1. The Morgan fingerprint density at radius 3 is 2.31 bits per heavy atom. The molecular weight excluding hydrogens is 567 g/mol. The maximum atomic E-state index is 13.3. The minimum absolute atomic E-state index is 0.258. The summed E-state index contributed by atoms with van der Waals surface area (Å²) in [6.45, 7) is 2.10. The molecule has 45 heavy (non-hydrogen) atoms. The third-order valence-electron chi connectivity index (χ3n) is 7.53. The fourth-order valence-corrected chi connectivity index (χ4v) is 5.08. The van der Waals surface area contributed by atoms with E-state index in [2.05, 4.69) is 27.9 Å². The molecule has 228 valence electrons. The van der Waals surface area contributed by atoms with Crippen molar-refractivity contribution in [2.45, 2.75) is 38.9 Å². The molecule has 0 aliphatic rings. The number of pyridine rings is 1. The summed E-state index contributed by atoms with van der Waals surface area (Å²) in [5.74, 6) is -0.617. The smallest absolute Gasteiger partial charge is 0.257 e. The average molecular weight is 603 g/mol. The molecule has 3 N–H and O–H groups in total. The predicted octanol–water partition coefficient (Wildman–Crippen LogP) is 7.40. The van der Waals surface area contributed by atoms with E-state index in [9.17, 15) is 18.8 Å². The fraction of sp³-hybridized carbons (Fsp3) is 0.189. The van der Waals surface area contributed by atoms with E-state index in [1.54, 1.807) is 66.7 Å². The summed E-state index contributed by atoms with van der Waals surface area (Å²) in [6, 6.07) is 31.1. The van der Waals surface area contributed by atoms with Crippen LogP contribution < -0.4 is 16.0 Å². The third-order valence-corrected chi connectivity index (χ3v) is 7.53. The molecule has 0 saturated heterocycles. The average Bonchev–Trinajstić information content (AvgIpc) is 3.09. The van der Waals surface area contributed by atoms with Crippen molar-refractivity contribution in [1.82, 2.24) is 15.6 Å². The van der Waals surface area contributed by atoms with Gasteiger partial charge in [0.15, 0.2) is 0 Å². The van der Waals surface area contributed by atoms with Crippen LogP contribution in [0.4, 0.5) is 10.2 Å². The summed E-state index contributed by atoms with van der Waals surface area (Å²) in [7, 11) is 0. The molecule has 5 aromatic rings. The SMILES string of the molecule is CCCCCNC(=O)[C@@H](NC(=O)c1ccc2nc(NC(=O)c3ccccc3-c3ccc(CF)cc3)ccc2c1)c1ccccc1. The van der Waals surface area contributed by atoms with E-state index in [1.165, 1.54) is 0 Å². The van der Waals surface area contributed by atoms with Crippen LogP contribution in [0.1, 0.15) is 64.1 Å². The first-order valence-corrected chi connectivity index (χ1v) is 15.1. The zero-order valence-corrected chi connectivity index (χ0v) is 25.1. The maximum Gasteiger partial charge on any atom is 0.257 e. The number of hydrogen-bond donors (Lipinski definition) is 3. The van der Waals surface area contributed by atoms with Crippen molar-refractivity contribution in [3.8, 4) is 11.1 Å². The lowest BCUT2D eigenvalue weighted by molar-refractivity contribution is -0.123. The maximum absolute atomic E-state index is 13.3. The topological polar surface area (TPSA) is 100 Å². The van der Waals surface area contributed by atoms with Crippen molar-refractivity contribution in [2.24, 2.45) is 0 Å². The number of carbonyl (C=O) groups is 3. The Kier molecular flexibility index (Phi) is 10.3. The van der Waals surface area contributed by atoms with Gasteiger partial charge in [0.1, 0.15) is 18.5 Å². The van der Waals surface area contributed by atoms with Gasteiger partial charge >= 0.3 is 0 Å². The van der Waals surface area contributed by atoms with E-state index in [0.717, 1.165) is 30.4 Å². The van der Waals surface area contributed by atoms with Crippen LogP contribution in [0.25, 0.3) is 22.0 Å². The number of nitrogens with one attached hydrogen (secondary N) is 3. The van der Waals surface area contributed by atoms with Gasteiger partial charge in [0.2, 0.25) is 5.91 Å². The molecule has 8 heteroatoms. The number of fused-ring (bicyclic) bond motifs is 1. The lowest BCUT2D eigenvalue weighted by atomic mass is 9.98. The zero-order valence-electron chi connectivity index (χ0n) is 25.1. The molecule has 4 aromatic carbocycles. The molecule has 1 heterocycles. The second kappa shape index (κ2) is 14.9. The highest BCUT2D eigenvalue weighted by Crippen LogP contribution is 2.26. The fourth-order valence-electron chi connectivity index (χ4n) is 5.08. The minimum atomic E-state index is -0.837. The minimum Gasteiger partial charge on any atom is -0.354 e. The number of halogens is 1. The van der Waals surface area contributed by atoms with E-state index in [0.29, 0.717) is 45.5 Å². The molecule has 5 rings (SSSR count). The van der Waals surface area contributed by atoms with Gasteiger partial charge in [-0.1, -0.05) is 92.6 Å². The Hall–Kier alpha value is -5.37. The molecule has 7 nitrogen and oxygen atoms in total. The molecule has 0 bridgehead atoms. The van der Waals surface area contributed by atoms with Gasteiger partial charge in [-0.05, 0) is 65.1 Å². The van der Waals surface area contributed by atoms with Gasteiger partial charge in [0.05, 0.1) is 5.52 Å². The Morgan fingerprint density at radius 2 is 1.56 bits per heavy atom. The number of aromatic nitrogens is 1. The second-order valence-electron chi connectivity index (χ2n) is 10.7. The number of nitrogens with zero attached hydrogens (tertiary/aromatic N) is 1. The van der Waals surface area contributed by atoms with Crippen LogP contribution in [0.2, 0.25) is 0 Å². The molecular formula is C37H35FN4O3. The van der Waals surface area contributed by atoms with Crippen LogP contribution in [-0.2, 0) is 11.5 Å². The standard InChI is InChI=1S/C37H35FN4O3/c1-2-3-9-22-39-37(45)34(27-10-5-4-6-11-27)42-35(43)29-18-20-32-28(23-29)19-21-33(40-32)41-36(44)31-13-8-7-12-30(31)26-16-14-25(24-38)15-17-26/h4-8,10-21,23,34H,2-3,9,22,24H2,1H3,(H,39,45)(H,42,43)(H,40,41,44)/t34-/m0/s1. The van der Waals surface area contributed by atoms with Crippen LogP contribution in [0.3, 0.4) is 0 Å². The summed E-state index contributed by atoms with van der Waals surface area (Å²) in [5, 5.41) is 9.40. The number of carbonyl (C=O) groups excluding carboxylic acids is 3.